The molecule has 0 aliphatic carbocycles. The van der Waals surface area contributed by atoms with Crippen molar-refractivity contribution in [1.29, 1.82) is 0 Å². The van der Waals surface area contributed by atoms with Gasteiger partial charge < -0.3 is 10.1 Å². The van der Waals surface area contributed by atoms with Crippen LogP contribution in [-0.2, 0) is 14.3 Å². The molecule has 0 spiro atoms. The number of hydrogen-bond acceptors (Lipinski definition) is 4. The molecule has 0 aromatic rings. The van der Waals surface area contributed by atoms with Crippen LogP contribution in [0, 0.1) is 0 Å². The normalized spacial score (nSPS) is 11.7. The van der Waals surface area contributed by atoms with Gasteiger partial charge in [0.1, 0.15) is 6.54 Å². The van der Waals surface area contributed by atoms with Gasteiger partial charge in [0.2, 0.25) is 5.91 Å². The van der Waals surface area contributed by atoms with Crippen LogP contribution in [0.4, 0.5) is 0 Å². The van der Waals surface area contributed by atoms with Crippen LogP contribution in [0.5, 0.6) is 0 Å². The van der Waals surface area contributed by atoms with Gasteiger partial charge in [-0.1, -0.05) is 50.7 Å². The van der Waals surface area contributed by atoms with Crippen molar-refractivity contribution in [3.63, 3.8) is 0 Å². The molecule has 0 atom stereocenters. The zero-order chi connectivity index (χ0) is 22.5. The number of allylic oxidation sites excluding steroid dienone is 2. The van der Waals surface area contributed by atoms with Crippen molar-refractivity contribution in [2.24, 2.45) is 0 Å². The summed E-state index contributed by atoms with van der Waals surface area (Å²) in [6.45, 7) is 1.29. The minimum absolute atomic E-state index is 0.0508. The summed E-state index contributed by atoms with van der Waals surface area (Å²) in [5, 5.41) is 12.5. The van der Waals surface area contributed by atoms with E-state index in [0.717, 1.165) is 44.9 Å². The second-order valence-electron chi connectivity index (χ2n) is 8.71. The van der Waals surface area contributed by atoms with Crippen LogP contribution in [0.2, 0.25) is 0 Å². The van der Waals surface area contributed by atoms with Crippen LogP contribution in [-0.4, -0.2) is 56.0 Å². The lowest BCUT2D eigenvalue weighted by Gasteiger charge is -2.19. The molecular formula is C24H47N2O4+. The summed E-state index contributed by atoms with van der Waals surface area (Å²) in [7, 11) is 4.91. The molecule has 176 valence electrons. The van der Waals surface area contributed by atoms with E-state index in [2.05, 4.69) is 22.2 Å². The minimum atomic E-state index is -0.0996. The van der Waals surface area contributed by atoms with Crippen molar-refractivity contribution in [1.82, 2.24) is 5.32 Å². The lowest BCUT2D eigenvalue weighted by Crippen LogP contribution is -2.38. The summed E-state index contributed by atoms with van der Waals surface area (Å²) in [5.74, 6) is 0.0297. The van der Waals surface area contributed by atoms with Crippen LogP contribution >= 0.6 is 0 Å². The number of hydrogen-bond donors (Lipinski definition) is 2. The topological polar surface area (TPSA) is 75.6 Å². The van der Waals surface area contributed by atoms with E-state index in [1.165, 1.54) is 45.6 Å². The average molecular weight is 428 g/mol. The molecule has 0 bridgehead atoms. The van der Waals surface area contributed by atoms with E-state index in [-0.39, 0.29) is 16.5 Å². The molecule has 2 N–H and O–H groups in total. The maximum Gasteiger partial charge on any atom is 0.305 e. The summed E-state index contributed by atoms with van der Waals surface area (Å²) in [6, 6.07) is 0. The highest BCUT2D eigenvalue weighted by atomic mass is 16.5. The first-order valence-corrected chi connectivity index (χ1v) is 11.9. The van der Waals surface area contributed by atoms with Gasteiger partial charge in [-0.05, 0) is 38.5 Å². The van der Waals surface area contributed by atoms with Gasteiger partial charge >= 0.3 is 5.97 Å². The predicted molar refractivity (Wildman–Crippen MR) is 122 cm³/mol. The van der Waals surface area contributed by atoms with Crippen LogP contribution in [0.15, 0.2) is 12.2 Å². The number of rotatable bonds is 20. The fraction of sp³-hybridized carbons (Fsp3) is 0.833. The van der Waals surface area contributed by atoms with Crippen molar-refractivity contribution < 1.29 is 24.2 Å². The molecule has 0 fully saturated rings. The van der Waals surface area contributed by atoms with Crippen molar-refractivity contribution in [3.8, 4) is 0 Å². The molecule has 0 aliphatic heterocycles. The SMILES string of the molecule is COC(=O)CCCCCCC/C=C/CCCCCCCC(=O)NCCC[N+](C)(C)O. The Labute approximate surface area is 184 Å². The number of ether oxygens (including phenoxy) is 1. The van der Waals surface area contributed by atoms with Gasteiger partial charge in [-0.15, -0.1) is 0 Å². The van der Waals surface area contributed by atoms with Crippen molar-refractivity contribution >= 4 is 11.9 Å². The molecule has 6 nitrogen and oxygen atoms in total. The summed E-state index contributed by atoms with van der Waals surface area (Å²) >= 11 is 0. The second kappa shape index (κ2) is 19.6. The van der Waals surface area contributed by atoms with Gasteiger partial charge in [0.05, 0.1) is 21.2 Å². The molecule has 0 heterocycles. The maximum atomic E-state index is 11.7. The van der Waals surface area contributed by atoms with E-state index in [1.807, 2.05) is 0 Å². The van der Waals surface area contributed by atoms with Gasteiger partial charge in [-0.3, -0.25) is 9.59 Å². The number of unbranched alkanes of at least 4 members (excludes halogenated alkanes) is 10. The lowest BCUT2D eigenvalue weighted by atomic mass is 10.1. The molecule has 6 heteroatoms. The number of nitrogens with zero attached hydrogens (tertiary/aromatic N) is 1. The fourth-order valence-electron chi connectivity index (χ4n) is 3.26. The third kappa shape index (κ3) is 22.9. The molecule has 0 saturated carbocycles. The fourth-order valence-corrected chi connectivity index (χ4v) is 3.26. The Balaban J connectivity index is 3.28. The van der Waals surface area contributed by atoms with Crippen molar-refractivity contribution in [3.05, 3.63) is 12.2 Å². The molecule has 0 saturated heterocycles. The number of nitrogens with one attached hydrogen (secondary N) is 1. The number of quaternary nitrogens is 1. The highest BCUT2D eigenvalue weighted by Crippen LogP contribution is 2.10. The molecule has 0 aromatic carbocycles. The van der Waals surface area contributed by atoms with Gasteiger partial charge in [-0.2, -0.15) is 4.65 Å². The molecule has 0 aliphatic rings. The van der Waals surface area contributed by atoms with Gasteiger partial charge in [-0.25, -0.2) is 5.21 Å². The Bertz CT molecular complexity index is 459. The van der Waals surface area contributed by atoms with Crippen molar-refractivity contribution in [2.75, 3.05) is 34.3 Å². The molecule has 0 rings (SSSR count). The Morgan fingerprint density at radius 2 is 1.30 bits per heavy atom. The highest BCUT2D eigenvalue weighted by Gasteiger charge is 2.09. The zero-order valence-corrected chi connectivity index (χ0v) is 19.8. The van der Waals surface area contributed by atoms with Crippen LogP contribution < -0.4 is 5.32 Å². The first kappa shape index (κ1) is 28.6. The molecule has 1 amide bonds. The second-order valence-corrected chi connectivity index (χ2v) is 8.71. The number of hydroxylamine groups is 3. The van der Waals surface area contributed by atoms with E-state index in [0.29, 0.717) is 25.9 Å². The predicted octanol–water partition coefficient (Wildman–Crippen LogP) is 5.15. The third-order valence-electron chi connectivity index (χ3n) is 5.12. The van der Waals surface area contributed by atoms with E-state index in [1.54, 1.807) is 14.1 Å². The Kier molecular flexibility index (Phi) is 18.6. The first-order chi connectivity index (χ1) is 14.3. The summed E-state index contributed by atoms with van der Waals surface area (Å²) in [6.07, 6.45) is 20.3. The molecular weight excluding hydrogens is 380 g/mol. The number of carbonyl (C=O) groups excluding carboxylic acids is 2. The monoisotopic (exact) mass is 427 g/mol. The van der Waals surface area contributed by atoms with Crippen molar-refractivity contribution in [2.45, 2.75) is 96.3 Å². The van der Waals surface area contributed by atoms with Gasteiger partial charge in [0.25, 0.3) is 0 Å². The largest absolute Gasteiger partial charge is 0.469 e. The number of amides is 1. The Morgan fingerprint density at radius 3 is 1.83 bits per heavy atom. The van der Waals surface area contributed by atoms with E-state index >= 15 is 0 Å². The molecule has 0 aromatic heterocycles. The Hall–Kier alpha value is -1.40. The van der Waals surface area contributed by atoms with E-state index in [4.69, 9.17) is 0 Å². The van der Waals surface area contributed by atoms with E-state index in [9.17, 15) is 14.8 Å². The number of carbonyl (C=O) groups is 2. The van der Waals surface area contributed by atoms with Crippen LogP contribution in [0.25, 0.3) is 0 Å². The molecule has 30 heavy (non-hydrogen) atoms. The molecule has 0 unspecified atom stereocenters. The Morgan fingerprint density at radius 1 is 0.800 bits per heavy atom. The summed E-state index contributed by atoms with van der Waals surface area (Å²) < 4.78 is 4.58. The summed E-state index contributed by atoms with van der Waals surface area (Å²) in [5.41, 5.74) is 0. The highest BCUT2D eigenvalue weighted by molar-refractivity contribution is 5.75. The quantitative estimate of drug-likeness (QED) is 0.0926. The van der Waals surface area contributed by atoms with Crippen LogP contribution in [0.3, 0.4) is 0 Å². The van der Waals surface area contributed by atoms with Gasteiger partial charge in [0.15, 0.2) is 0 Å². The number of esters is 1. The third-order valence-corrected chi connectivity index (χ3v) is 5.12. The minimum Gasteiger partial charge on any atom is -0.469 e. The van der Waals surface area contributed by atoms with Crippen LogP contribution in [0.1, 0.15) is 96.3 Å². The average Bonchev–Trinajstić information content (AvgIpc) is 2.69. The first-order valence-electron chi connectivity index (χ1n) is 11.9. The summed E-state index contributed by atoms with van der Waals surface area (Å²) in [4.78, 5) is 22.7. The molecule has 0 radical (unpaired) electrons. The maximum absolute atomic E-state index is 11.7. The standard InChI is InChI=1S/C24H46N2O4/c1-26(2,29)22-18-21-25-23(27)19-16-14-12-10-8-6-4-5-7-9-11-13-15-17-20-24(28)30-3/h4-5,29H,6-22H2,1-3H3/p+1/b5-4+. The number of methoxy groups -OCH3 is 1. The van der Waals surface area contributed by atoms with Gasteiger partial charge in [0, 0.05) is 25.8 Å². The zero-order valence-electron chi connectivity index (χ0n) is 19.8. The lowest BCUT2D eigenvalue weighted by molar-refractivity contribution is -1.07. The smallest absolute Gasteiger partial charge is 0.305 e. The van der Waals surface area contributed by atoms with E-state index < -0.39 is 0 Å².